The second-order valence-corrected chi connectivity index (χ2v) is 6.78. The van der Waals surface area contributed by atoms with Crippen LogP contribution in [0, 0.1) is 5.41 Å². The number of ether oxygens (including phenoxy) is 2. The Kier molecular flexibility index (Phi) is 4.06. The molecule has 0 radical (unpaired) electrons. The molecule has 1 saturated carbocycles. The summed E-state index contributed by atoms with van der Waals surface area (Å²) in [5.74, 6) is 0. The largest absolute Gasteiger partial charge is 0.444 e. The number of aliphatic hydroxyl groups excluding tert-OH is 1. The number of hydrogen-bond donors (Lipinski definition) is 1. The summed E-state index contributed by atoms with van der Waals surface area (Å²) in [4.78, 5) is 13.8. The van der Waals surface area contributed by atoms with Gasteiger partial charge in [0.1, 0.15) is 5.60 Å². The van der Waals surface area contributed by atoms with Gasteiger partial charge in [0.05, 0.1) is 19.3 Å². The molecule has 1 N–H and O–H groups in total. The summed E-state index contributed by atoms with van der Waals surface area (Å²) in [5.41, 5.74) is -0.198. The number of carbonyl (C=O) groups is 1. The highest BCUT2D eigenvalue weighted by atomic mass is 16.6. The predicted octanol–water partition coefficient (Wildman–Crippen LogP) is 1.78. The van der Waals surface area contributed by atoms with E-state index >= 15 is 0 Å². The van der Waals surface area contributed by atoms with Gasteiger partial charge in [0.15, 0.2) is 0 Å². The summed E-state index contributed by atoms with van der Waals surface area (Å²) in [6.45, 7) is 7.71. The summed E-state index contributed by atoms with van der Waals surface area (Å²) >= 11 is 0. The lowest BCUT2D eigenvalue weighted by molar-refractivity contribution is -0.0837. The summed E-state index contributed by atoms with van der Waals surface area (Å²) in [6, 6.07) is 0. The standard InChI is InChI=1S/C14H25NO4/c1-13(2,3)19-12(17)15-5-4-14(10-15)8-11(9-14)18-7-6-16/h11,16H,4-10H2,1-3H3. The zero-order valence-electron chi connectivity index (χ0n) is 12.1. The van der Waals surface area contributed by atoms with E-state index < -0.39 is 5.60 Å². The minimum absolute atomic E-state index is 0.0769. The molecule has 110 valence electrons. The van der Waals surface area contributed by atoms with Crippen LogP contribution in [-0.2, 0) is 9.47 Å². The lowest BCUT2D eigenvalue weighted by Crippen LogP contribution is -2.45. The van der Waals surface area contributed by atoms with Gasteiger partial charge in [-0.05, 0) is 45.4 Å². The molecular formula is C14H25NO4. The molecule has 1 aliphatic carbocycles. The Morgan fingerprint density at radius 2 is 2.11 bits per heavy atom. The van der Waals surface area contributed by atoms with Crippen molar-refractivity contribution in [2.45, 2.75) is 51.7 Å². The van der Waals surface area contributed by atoms with E-state index in [9.17, 15) is 4.79 Å². The van der Waals surface area contributed by atoms with Gasteiger partial charge in [-0.15, -0.1) is 0 Å². The van der Waals surface area contributed by atoms with Gasteiger partial charge in [-0.25, -0.2) is 4.79 Å². The zero-order chi connectivity index (χ0) is 14.1. The van der Waals surface area contributed by atoms with Crippen molar-refractivity contribution in [2.75, 3.05) is 26.3 Å². The van der Waals surface area contributed by atoms with Crippen molar-refractivity contribution in [1.82, 2.24) is 4.90 Å². The predicted molar refractivity (Wildman–Crippen MR) is 70.9 cm³/mol. The van der Waals surface area contributed by atoms with Crippen molar-refractivity contribution < 1.29 is 19.4 Å². The van der Waals surface area contributed by atoms with Gasteiger partial charge in [0.2, 0.25) is 0 Å². The molecule has 1 saturated heterocycles. The number of aliphatic hydroxyl groups is 1. The lowest BCUT2D eigenvalue weighted by Gasteiger charge is -2.44. The quantitative estimate of drug-likeness (QED) is 0.850. The molecule has 0 aromatic rings. The maximum atomic E-state index is 12.0. The van der Waals surface area contributed by atoms with Crippen molar-refractivity contribution in [3.63, 3.8) is 0 Å². The van der Waals surface area contributed by atoms with Gasteiger partial charge in [-0.1, -0.05) is 0 Å². The molecule has 19 heavy (non-hydrogen) atoms. The minimum Gasteiger partial charge on any atom is -0.444 e. The van der Waals surface area contributed by atoms with E-state index in [1.54, 1.807) is 0 Å². The summed E-state index contributed by atoms with van der Waals surface area (Å²) < 4.78 is 10.9. The van der Waals surface area contributed by atoms with Crippen LogP contribution in [0.5, 0.6) is 0 Å². The maximum absolute atomic E-state index is 12.0. The number of carbonyl (C=O) groups excluding carboxylic acids is 1. The van der Waals surface area contributed by atoms with Crippen molar-refractivity contribution >= 4 is 6.09 Å². The molecule has 1 spiro atoms. The molecule has 0 atom stereocenters. The van der Waals surface area contributed by atoms with Crippen LogP contribution in [-0.4, -0.2) is 54.1 Å². The van der Waals surface area contributed by atoms with Gasteiger partial charge in [-0.3, -0.25) is 0 Å². The van der Waals surface area contributed by atoms with Crippen molar-refractivity contribution in [2.24, 2.45) is 5.41 Å². The first-order valence-electron chi connectivity index (χ1n) is 7.04. The average molecular weight is 271 g/mol. The van der Waals surface area contributed by atoms with E-state index in [1.165, 1.54) is 0 Å². The summed E-state index contributed by atoms with van der Waals surface area (Å²) in [7, 11) is 0. The number of rotatable bonds is 3. The van der Waals surface area contributed by atoms with E-state index in [4.69, 9.17) is 14.6 Å². The molecule has 2 fully saturated rings. The minimum atomic E-state index is -0.431. The van der Waals surface area contributed by atoms with E-state index in [2.05, 4.69) is 0 Å². The molecule has 5 heteroatoms. The highest BCUT2D eigenvalue weighted by molar-refractivity contribution is 5.68. The molecule has 0 unspecified atom stereocenters. The van der Waals surface area contributed by atoms with Crippen molar-refractivity contribution in [3.8, 4) is 0 Å². The van der Waals surface area contributed by atoms with Gasteiger partial charge in [0, 0.05) is 13.1 Å². The Balaban J connectivity index is 1.77. The molecule has 0 aromatic carbocycles. The third-order valence-corrected chi connectivity index (χ3v) is 3.86. The number of amides is 1. The first kappa shape index (κ1) is 14.6. The first-order valence-corrected chi connectivity index (χ1v) is 7.04. The maximum Gasteiger partial charge on any atom is 0.410 e. The smallest absolute Gasteiger partial charge is 0.410 e. The first-order chi connectivity index (χ1) is 8.84. The molecule has 0 aromatic heterocycles. The van der Waals surface area contributed by atoms with Crippen LogP contribution in [0.3, 0.4) is 0 Å². The fourth-order valence-corrected chi connectivity index (χ4v) is 2.99. The fraction of sp³-hybridized carbons (Fsp3) is 0.929. The second-order valence-electron chi connectivity index (χ2n) is 6.78. The Morgan fingerprint density at radius 3 is 2.68 bits per heavy atom. The highest BCUT2D eigenvalue weighted by Gasteiger charge is 2.50. The van der Waals surface area contributed by atoms with Crippen molar-refractivity contribution in [3.05, 3.63) is 0 Å². The molecule has 5 nitrogen and oxygen atoms in total. The molecule has 1 aliphatic heterocycles. The third kappa shape index (κ3) is 3.60. The van der Waals surface area contributed by atoms with Crippen molar-refractivity contribution in [1.29, 1.82) is 0 Å². The highest BCUT2D eigenvalue weighted by Crippen LogP contribution is 2.49. The van der Waals surface area contributed by atoms with E-state index in [-0.39, 0.29) is 24.2 Å². The normalized spacial score (nSPS) is 30.5. The summed E-state index contributed by atoms with van der Waals surface area (Å²) in [5, 5.41) is 8.72. The molecule has 2 aliphatic rings. The second kappa shape index (κ2) is 5.29. The molecule has 0 bridgehead atoms. The third-order valence-electron chi connectivity index (χ3n) is 3.86. The van der Waals surface area contributed by atoms with Gasteiger partial charge in [0.25, 0.3) is 0 Å². The fourth-order valence-electron chi connectivity index (χ4n) is 2.99. The molecular weight excluding hydrogens is 246 g/mol. The molecule has 1 heterocycles. The SMILES string of the molecule is CC(C)(C)OC(=O)N1CCC2(CC(OCCO)C2)C1. The zero-order valence-corrected chi connectivity index (χ0v) is 12.1. The van der Waals surface area contributed by atoms with E-state index in [0.29, 0.717) is 6.61 Å². The Bertz CT molecular complexity index is 331. The Hall–Kier alpha value is -0.810. The van der Waals surface area contributed by atoms with Gasteiger partial charge < -0.3 is 19.5 Å². The number of nitrogens with zero attached hydrogens (tertiary/aromatic N) is 1. The Morgan fingerprint density at radius 1 is 1.42 bits per heavy atom. The van der Waals surface area contributed by atoms with Crippen LogP contribution in [0.1, 0.15) is 40.0 Å². The van der Waals surface area contributed by atoms with E-state index in [1.807, 2.05) is 25.7 Å². The van der Waals surface area contributed by atoms with Gasteiger partial charge in [-0.2, -0.15) is 0 Å². The van der Waals surface area contributed by atoms with Crippen LogP contribution >= 0.6 is 0 Å². The lowest BCUT2D eigenvalue weighted by atomic mass is 9.66. The van der Waals surface area contributed by atoms with Crippen LogP contribution in [0.25, 0.3) is 0 Å². The van der Waals surface area contributed by atoms with Crippen LogP contribution in [0.15, 0.2) is 0 Å². The molecule has 2 rings (SSSR count). The van der Waals surface area contributed by atoms with E-state index in [0.717, 1.165) is 32.4 Å². The number of likely N-dealkylation sites (tertiary alicyclic amines) is 1. The van der Waals surface area contributed by atoms with Crippen LogP contribution in [0.4, 0.5) is 4.79 Å². The number of hydrogen-bond acceptors (Lipinski definition) is 4. The van der Waals surface area contributed by atoms with Gasteiger partial charge >= 0.3 is 6.09 Å². The van der Waals surface area contributed by atoms with Crippen LogP contribution in [0.2, 0.25) is 0 Å². The monoisotopic (exact) mass is 271 g/mol. The topological polar surface area (TPSA) is 59.0 Å². The average Bonchev–Trinajstić information content (AvgIpc) is 2.67. The Labute approximate surface area is 114 Å². The summed E-state index contributed by atoms with van der Waals surface area (Å²) in [6.07, 6.45) is 3.07. The van der Waals surface area contributed by atoms with Crippen LogP contribution < -0.4 is 0 Å². The molecule has 1 amide bonds.